The van der Waals surface area contributed by atoms with E-state index in [4.69, 9.17) is 0 Å². The molecule has 0 radical (unpaired) electrons. The molecule has 0 saturated carbocycles. The van der Waals surface area contributed by atoms with Crippen LogP contribution in [0.1, 0.15) is 32.5 Å². The van der Waals surface area contributed by atoms with Crippen LogP contribution in [0.4, 0.5) is 13.2 Å². The number of benzene rings is 1. The van der Waals surface area contributed by atoms with E-state index in [0.717, 1.165) is 21.5 Å². The first kappa shape index (κ1) is 15.5. The van der Waals surface area contributed by atoms with Crippen LogP contribution in [-0.2, 0) is 6.18 Å². The topological polar surface area (TPSA) is 20.2 Å². The number of rotatable bonds is 2. The lowest BCUT2D eigenvalue weighted by molar-refractivity contribution is -0.137. The summed E-state index contributed by atoms with van der Waals surface area (Å²) in [7, 11) is 0. The van der Waals surface area contributed by atoms with Gasteiger partial charge < -0.3 is 5.11 Å². The monoisotopic (exact) mass is 364 g/mol. The van der Waals surface area contributed by atoms with Gasteiger partial charge >= 0.3 is 6.18 Å². The van der Waals surface area contributed by atoms with Gasteiger partial charge in [0.05, 0.1) is 5.56 Å². The lowest BCUT2D eigenvalue weighted by Crippen LogP contribution is -2.07. The third-order valence-corrected chi connectivity index (χ3v) is 5.23. The Kier molecular flexibility index (Phi) is 4.27. The van der Waals surface area contributed by atoms with Crippen LogP contribution in [0.2, 0.25) is 0 Å². The minimum absolute atomic E-state index is 0.425. The molecule has 0 spiro atoms. The summed E-state index contributed by atoms with van der Waals surface area (Å²) < 4.78 is 38.7. The smallest absolute Gasteiger partial charge is 0.383 e. The molecule has 0 aliphatic carbocycles. The highest BCUT2D eigenvalue weighted by atomic mass is 79.9. The summed E-state index contributed by atoms with van der Waals surface area (Å²) in [4.78, 5) is 1.72. The molecule has 108 valence electrons. The summed E-state index contributed by atoms with van der Waals surface area (Å²) in [5.41, 5.74) is 0.218. The van der Waals surface area contributed by atoms with E-state index in [0.29, 0.717) is 16.0 Å². The van der Waals surface area contributed by atoms with Gasteiger partial charge in [-0.05, 0) is 59.1 Å². The molecule has 2 rings (SSSR count). The van der Waals surface area contributed by atoms with Crippen molar-refractivity contribution in [3.8, 4) is 0 Å². The Balaban J connectivity index is 2.38. The fraction of sp³-hybridized carbons (Fsp3) is 0.286. The summed E-state index contributed by atoms with van der Waals surface area (Å²) in [6.45, 7) is 3.48. The molecule has 6 heteroatoms. The van der Waals surface area contributed by atoms with E-state index in [9.17, 15) is 18.3 Å². The summed E-state index contributed by atoms with van der Waals surface area (Å²) in [6, 6.07) is 5.20. The van der Waals surface area contributed by atoms with Crippen molar-refractivity contribution in [3.63, 3.8) is 0 Å². The van der Waals surface area contributed by atoms with Crippen LogP contribution in [0.15, 0.2) is 28.7 Å². The number of aryl methyl sites for hydroxylation is 2. The summed E-state index contributed by atoms with van der Waals surface area (Å²) in [5, 5.41) is 10.3. The number of thiophene rings is 1. The van der Waals surface area contributed by atoms with Gasteiger partial charge in [0.2, 0.25) is 0 Å². The Morgan fingerprint density at radius 1 is 1.20 bits per heavy atom. The number of aliphatic hydroxyl groups is 1. The minimum atomic E-state index is -4.36. The third kappa shape index (κ3) is 3.07. The van der Waals surface area contributed by atoms with Crippen LogP contribution in [0.25, 0.3) is 0 Å². The van der Waals surface area contributed by atoms with Gasteiger partial charge in [-0.2, -0.15) is 13.2 Å². The minimum Gasteiger partial charge on any atom is -0.383 e. The molecule has 0 fully saturated rings. The Labute approximate surface area is 127 Å². The molecule has 0 saturated heterocycles. The third-order valence-electron chi connectivity index (χ3n) is 3.04. The molecule has 1 heterocycles. The fourth-order valence-corrected chi connectivity index (χ4v) is 3.49. The highest BCUT2D eigenvalue weighted by Gasteiger charge is 2.31. The molecule has 0 aliphatic rings. The molecule has 0 amide bonds. The van der Waals surface area contributed by atoms with Crippen molar-refractivity contribution >= 4 is 27.3 Å². The molecular formula is C14H12BrF3OS. The van der Waals surface area contributed by atoms with Crippen molar-refractivity contribution < 1.29 is 18.3 Å². The Morgan fingerprint density at radius 2 is 1.85 bits per heavy atom. The first-order valence-corrected chi connectivity index (χ1v) is 7.42. The van der Waals surface area contributed by atoms with Crippen molar-refractivity contribution in [3.05, 3.63) is 55.2 Å². The molecule has 1 aromatic carbocycles. The van der Waals surface area contributed by atoms with E-state index < -0.39 is 17.8 Å². The fourth-order valence-electron chi connectivity index (χ4n) is 1.93. The van der Waals surface area contributed by atoms with E-state index in [1.807, 2.05) is 6.92 Å². The second-order valence-corrected chi connectivity index (χ2v) is 6.67. The molecule has 1 aromatic heterocycles. The Bertz CT molecular complexity index is 614. The number of hydrogen-bond donors (Lipinski definition) is 1. The molecule has 2 aromatic rings. The maximum atomic E-state index is 12.6. The van der Waals surface area contributed by atoms with Crippen molar-refractivity contribution in [2.45, 2.75) is 26.1 Å². The predicted octanol–water partition coefficient (Wildman–Crippen LogP) is 5.23. The SMILES string of the molecule is Cc1cc(C(F)(F)F)ccc1C(O)c1cc(Br)c(C)s1. The second-order valence-electron chi connectivity index (χ2n) is 4.52. The van der Waals surface area contributed by atoms with Crippen LogP contribution in [0.5, 0.6) is 0 Å². The average Bonchev–Trinajstić information content (AvgIpc) is 2.67. The summed E-state index contributed by atoms with van der Waals surface area (Å²) in [5.74, 6) is 0. The molecule has 0 aliphatic heterocycles. The zero-order valence-electron chi connectivity index (χ0n) is 10.8. The van der Waals surface area contributed by atoms with Gasteiger partial charge in [0.1, 0.15) is 6.10 Å². The molecule has 0 bridgehead atoms. The average molecular weight is 365 g/mol. The molecule has 1 atom stereocenters. The number of alkyl halides is 3. The lowest BCUT2D eigenvalue weighted by Gasteiger charge is -2.14. The lowest BCUT2D eigenvalue weighted by atomic mass is 9.99. The van der Waals surface area contributed by atoms with E-state index in [1.165, 1.54) is 17.4 Å². The van der Waals surface area contributed by atoms with Crippen molar-refractivity contribution in [1.29, 1.82) is 0 Å². The van der Waals surface area contributed by atoms with Crippen molar-refractivity contribution in [1.82, 2.24) is 0 Å². The Hall–Kier alpha value is -0.850. The molecule has 1 N–H and O–H groups in total. The van der Waals surface area contributed by atoms with Gasteiger partial charge in [-0.15, -0.1) is 11.3 Å². The van der Waals surface area contributed by atoms with Gasteiger partial charge in [-0.3, -0.25) is 0 Å². The zero-order chi connectivity index (χ0) is 15.1. The molecule has 1 nitrogen and oxygen atoms in total. The number of aliphatic hydroxyl groups excluding tert-OH is 1. The van der Waals surface area contributed by atoms with Gasteiger partial charge in [0.25, 0.3) is 0 Å². The zero-order valence-corrected chi connectivity index (χ0v) is 13.2. The van der Waals surface area contributed by atoms with Crippen LogP contribution >= 0.6 is 27.3 Å². The van der Waals surface area contributed by atoms with Gasteiger partial charge in [0.15, 0.2) is 0 Å². The van der Waals surface area contributed by atoms with Crippen LogP contribution in [0.3, 0.4) is 0 Å². The molecule has 1 unspecified atom stereocenters. The maximum Gasteiger partial charge on any atom is 0.416 e. The van der Waals surface area contributed by atoms with E-state index >= 15 is 0 Å². The van der Waals surface area contributed by atoms with E-state index in [-0.39, 0.29) is 0 Å². The van der Waals surface area contributed by atoms with Gasteiger partial charge in [0, 0.05) is 14.2 Å². The Morgan fingerprint density at radius 3 is 2.30 bits per heavy atom. The first-order valence-electron chi connectivity index (χ1n) is 5.82. The normalized spacial score (nSPS) is 13.6. The van der Waals surface area contributed by atoms with Crippen LogP contribution in [-0.4, -0.2) is 5.11 Å². The molecule has 20 heavy (non-hydrogen) atoms. The quantitative estimate of drug-likeness (QED) is 0.773. The highest BCUT2D eigenvalue weighted by molar-refractivity contribution is 9.10. The van der Waals surface area contributed by atoms with E-state index in [2.05, 4.69) is 15.9 Å². The van der Waals surface area contributed by atoms with E-state index in [1.54, 1.807) is 13.0 Å². The number of hydrogen-bond acceptors (Lipinski definition) is 2. The summed E-state index contributed by atoms with van der Waals surface area (Å²) >= 11 is 4.78. The van der Waals surface area contributed by atoms with Crippen molar-refractivity contribution in [2.24, 2.45) is 0 Å². The maximum absolute atomic E-state index is 12.6. The summed E-state index contributed by atoms with van der Waals surface area (Å²) in [6.07, 6.45) is -5.27. The molecular weight excluding hydrogens is 353 g/mol. The standard InChI is InChI=1S/C14H12BrF3OS/c1-7-5-9(14(16,17)18)3-4-10(7)13(19)12-6-11(15)8(2)20-12/h3-6,13,19H,1-2H3. The number of halogens is 4. The predicted molar refractivity (Wildman–Crippen MR) is 77.0 cm³/mol. The second kappa shape index (κ2) is 5.50. The first-order chi connectivity index (χ1) is 9.20. The highest BCUT2D eigenvalue weighted by Crippen LogP contribution is 2.36. The largest absolute Gasteiger partial charge is 0.416 e. The van der Waals surface area contributed by atoms with Crippen LogP contribution in [0, 0.1) is 13.8 Å². The van der Waals surface area contributed by atoms with Gasteiger partial charge in [-0.1, -0.05) is 6.07 Å². The van der Waals surface area contributed by atoms with Gasteiger partial charge in [-0.25, -0.2) is 0 Å². The van der Waals surface area contributed by atoms with Crippen LogP contribution < -0.4 is 0 Å². The van der Waals surface area contributed by atoms with Crippen molar-refractivity contribution in [2.75, 3.05) is 0 Å².